The highest BCUT2D eigenvalue weighted by Gasteiger charge is 2.26. The molecular weight excluding hydrogens is 248 g/mol. The van der Waals surface area contributed by atoms with Gasteiger partial charge in [0.1, 0.15) is 0 Å². The van der Waals surface area contributed by atoms with Crippen LogP contribution in [0.1, 0.15) is 24.8 Å². The first kappa shape index (κ1) is 13.2. The van der Waals surface area contributed by atoms with Crippen LogP contribution in [0.4, 0.5) is 10.5 Å². The quantitative estimate of drug-likeness (QED) is 0.591. The van der Waals surface area contributed by atoms with Crippen molar-refractivity contribution in [2.75, 3.05) is 24.4 Å². The van der Waals surface area contributed by atoms with Crippen molar-refractivity contribution in [3.05, 3.63) is 29.8 Å². The molecule has 1 aromatic carbocycles. The van der Waals surface area contributed by atoms with Crippen LogP contribution in [-0.4, -0.2) is 30.4 Å². The summed E-state index contributed by atoms with van der Waals surface area (Å²) < 4.78 is 0. The van der Waals surface area contributed by atoms with Crippen molar-refractivity contribution in [2.45, 2.75) is 25.8 Å². The van der Waals surface area contributed by atoms with Crippen LogP contribution >= 0.6 is 11.6 Å². The zero-order chi connectivity index (χ0) is 13.0. The van der Waals surface area contributed by atoms with Crippen LogP contribution in [0.3, 0.4) is 0 Å². The lowest BCUT2D eigenvalue weighted by Crippen LogP contribution is -2.45. The summed E-state index contributed by atoms with van der Waals surface area (Å²) in [4.78, 5) is 15.8. The number of rotatable bonds is 5. The molecule has 1 aliphatic rings. The summed E-state index contributed by atoms with van der Waals surface area (Å²) in [7, 11) is 1.85. The van der Waals surface area contributed by atoms with Crippen LogP contribution < -0.4 is 4.90 Å². The molecule has 0 atom stereocenters. The van der Waals surface area contributed by atoms with Crippen LogP contribution in [-0.2, 0) is 6.54 Å². The first-order chi connectivity index (χ1) is 8.74. The molecule has 1 aliphatic heterocycles. The van der Waals surface area contributed by atoms with Crippen molar-refractivity contribution >= 4 is 23.3 Å². The smallest absolute Gasteiger partial charge is 0.323 e. The zero-order valence-corrected chi connectivity index (χ0v) is 11.5. The van der Waals surface area contributed by atoms with E-state index in [0.29, 0.717) is 12.4 Å². The first-order valence-electron chi connectivity index (χ1n) is 6.40. The fraction of sp³-hybridized carbons (Fsp3) is 0.500. The molecule has 98 valence electrons. The first-order valence-corrected chi connectivity index (χ1v) is 6.94. The van der Waals surface area contributed by atoms with Crippen LogP contribution in [0.5, 0.6) is 0 Å². The maximum Gasteiger partial charge on any atom is 0.324 e. The number of carbonyl (C=O) groups is 1. The third-order valence-electron chi connectivity index (χ3n) is 3.26. The van der Waals surface area contributed by atoms with E-state index < -0.39 is 0 Å². The number of halogens is 1. The molecule has 0 bridgehead atoms. The van der Waals surface area contributed by atoms with E-state index in [-0.39, 0.29) is 6.03 Å². The third kappa shape index (κ3) is 2.78. The Morgan fingerprint density at radius 1 is 1.22 bits per heavy atom. The molecule has 0 saturated carbocycles. The second-order valence-electron chi connectivity index (χ2n) is 4.67. The molecule has 3 nitrogen and oxygen atoms in total. The Bertz CT molecular complexity index is 422. The number of fused-ring (bicyclic) bond motifs is 1. The zero-order valence-electron chi connectivity index (χ0n) is 10.7. The summed E-state index contributed by atoms with van der Waals surface area (Å²) >= 11 is 5.67. The maximum absolute atomic E-state index is 12.2. The second kappa shape index (κ2) is 6.10. The highest BCUT2D eigenvalue weighted by Crippen LogP contribution is 2.27. The Morgan fingerprint density at radius 2 is 2.00 bits per heavy atom. The number of anilines is 1. The number of urea groups is 1. The number of amides is 2. The molecule has 1 heterocycles. The topological polar surface area (TPSA) is 23.6 Å². The number of hydrogen-bond acceptors (Lipinski definition) is 1. The predicted octanol–water partition coefficient (Wildman–Crippen LogP) is 3.47. The van der Waals surface area contributed by atoms with Crippen molar-refractivity contribution in [1.82, 2.24) is 4.90 Å². The molecule has 0 unspecified atom stereocenters. The van der Waals surface area contributed by atoms with Gasteiger partial charge in [-0.1, -0.05) is 24.6 Å². The van der Waals surface area contributed by atoms with Gasteiger partial charge in [-0.15, -0.1) is 11.6 Å². The van der Waals surface area contributed by atoms with Crippen molar-refractivity contribution in [3.63, 3.8) is 0 Å². The normalized spacial score (nSPS) is 14.9. The van der Waals surface area contributed by atoms with E-state index in [2.05, 4.69) is 6.07 Å². The van der Waals surface area contributed by atoms with E-state index >= 15 is 0 Å². The molecule has 18 heavy (non-hydrogen) atoms. The Kier molecular flexibility index (Phi) is 4.48. The SMILES string of the molecule is CN1Cc2ccccc2N(CCCCCCl)C1=O. The minimum absolute atomic E-state index is 0.0968. The van der Waals surface area contributed by atoms with Gasteiger partial charge in [-0.25, -0.2) is 4.79 Å². The van der Waals surface area contributed by atoms with E-state index in [1.807, 2.05) is 30.1 Å². The summed E-state index contributed by atoms with van der Waals surface area (Å²) in [5.41, 5.74) is 2.28. The number of alkyl halides is 1. The van der Waals surface area contributed by atoms with Crippen molar-refractivity contribution in [2.24, 2.45) is 0 Å². The lowest BCUT2D eigenvalue weighted by Gasteiger charge is -2.35. The summed E-state index contributed by atoms with van der Waals surface area (Å²) in [6.07, 6.45) is 3.08. The van der Waals surface area contributed by atoms with E-state index in [0.717, 1.165) is 31.5 Å². The van der Waals surface area contributed by atoms with E-state index in [1.54, 1.807) is 4.90 Å². The van der Waals surface area contributed by atoms with Crippen molar-refractivity contribution in [1.29, 1.82) is 0 Å². The summed E-state index contributed by atoms with van der Waals surface area (Å²) in [5.74, 6) is 0.699. The van der Waals surface area contributed by atoms with Gasteiger partial charge < -0.3 is 4.90 Å². The lowest BCUT2D eigenvalue weighted by molar-refractivity contribution is 0.210. The van der Waals surface area contributed by atoms with Gasteiger partial charge in [0.25, 0.3) is 0 Å². The number of benzene rings is 1. The van der Waals surface area contributed by atoms with Crippen LogP contribution in [0.15, 0.2) is 24.3 Å². The van der Waals surface area contributed by atoms with Gasteiger partial charge >= 0.3 is 6.03 Å². The molecule has 0 aromatic heterocycles. The number of para-hydroxylation sites is 1. The van der Waals surface area contributed by atoms with E-state index in [9.17, 15) is 4.79 Å². The highest BCUT2D eigenvalue weighted by molar-refractivity contribution is 6.17. The van der Waals surface area contributed by atoms with Gasteiger partial charge in [0.15, 0.2) is 0 Å². The van der Waals surface area contributed by atoms with Gasteiger partial charge in [0.2, 0.25) is 0 Å². The van der Waals surface area contributed by atoms with Crippen molar-refractivity contribution in [3.8, 4) is 0 Å². The van der Waals surface area contributed by atoms with Crippen LogP contribution in [0, 0.1) is 0 Å². The minimum atomic E-state index is 0.0968. The largest absolute Gasteiger partial charge is 0.324 e. The standard InChI is InChI=1S/C14H19ClN2O/c1-16-11-12-7-3-4-8-13(12)17(14(16)18)10-6-2-5-9-15/h3-4,7-8H,2,5-6,9-11H2,1H3. The van der Waals surface area contributed by atoms with Gasteiger partial charge in [-0.3, -0.25) is 4.90 Å². The van der Waals surface area contributed by atoms with E-state index in [4.69, 9.17) is 11.6 Å². The summed E-state index contributed by atoms with van der Waals surface area (Å²) in [6, 6.07) is 8.22. The third-order valence-corrected chi connectivity index (χ3v) is 3.53. The van der Waals surface area contributed by atoms with Crippen LogP contribution in [0.2, 0.25) is 0 Å². The molecule has 0 aliphatic carbocycles. The average molecular weight is 267 g/mol. The summed E-state index contributed by atoms with van der Waals surface area (Å²) in [6.45, 7) is 1.48. The molecule has 0 fully saturated rings. The average Bonchev–Trinajstić information content (AvgIpc) is 2.38. The fourth-order valence-corrected chi connectivity index (χ4v) is 2.49. The minimum Gasteiger partial charge on any atom is -0.323 e. The predicted molar refractivity (Wildman–Crippen MR) is 75.2 cm³/mol. The maximum atomic E-state index is 12.2. The highest BCUT2D eigenvalue weighted by atomic mass is 35.5. The van der Waals surface area contributed by atoms with Gasteiger partial charge in [-0.05, 0) is 24.5 Å². The molecule has 0 radical (unpaired) electrons. The van der Waals surface area contributed by atoms with Gasteiger partial charge in [-0.2, -0.15) is 0 Å². The van der Waals surface area contributed by atoms with Crippen LogP contribution in [0.25, 0.3) is 0 Å². The second-order valence-corrected chi connectivity index (χ2v) is 5.05. The Balaban J connectivity index is 2.09. The molecular formula is C14H19ClN2O. The number of carbonyl (C=O) groups excluding carboxylic acids is 1. The van der Waals surface area contributed by atoms with Crippen molar-refractivity contribution < 1.29 is 4.79 Å². The molecule has 0 spiro atoms. The van der Waals surface area contributed by atoms with Gasteiger partial charge in [0.05, 0.1) is 5.69 Å². The molecule has 1 aromatic rings. The summed E-state index contributed by atoms with van der Waals surface area (Å²) in [5, 5.41) is 0. The monoisotopic (exact) mass is 266 g/mol. The van der Waals surface area contributed by atoms with Gasteiger partial charge in [0, 0.05) is 26.0 Å². The Labute approximate surface area is 113 Å². The number of hydrogen-bond donors (Lipinski definition) is 0. The van der Waals surface area contributed by atoms with E-state index in [1.165, 1.54) is 5.56 Å². The Morgan fingerprint density at radius 3 is 2.78 bits per heavy atom. The molecule has 0 N–H and O–H groups in total. The molecule has 2 amide bonds. The fourth-order valence-electron chi connectivity index (χ4n) is 2.30. The Hall–Kier alpha value is -1.22. The number of nitrogens with zero attached hydrogens (tertiary/aromatic N) is 2. The molecule has 2 rings (SSSR count). The lowest BCUT2D eigenvalue weighted by atomic mass is 10.1. The molecule has 0 saturated heterocycles. The number of unbranched alkanes of at least 4 members (excludes halogenated alkanes) is 2. The molecule has 4 heteroatoms.